The lowest BCUT2D eigenvalue weighted by molar-refractivity contribution is 0.453. The SMILES string of the molecule is Cc1c(N)cc(S(=O)(=O)N(C)CC2CC2)cc1Cl. The lowest BCUT2D eigenvalue weighted by Gasteiger charge is -2.18. The number of rotatable bonds is 4. The standard InChI is InChI=1S/C12H17ClN2O2S/c1-8-11(13)5-10(6-12(8)14)18(16,17)15(2)7-9-3-4-9/h5-6,9H,3-4,7,14H2,1-2H3. The minimum atomic E-state index is -3.49. The quantitative estimate of drug-likeness (QED) is 0.865. The number of nitrogens with zero attached hydrogens (tertiary/aromatic N) is 1. The fraction of sp³-hybridized carbons (Fsp3) is 0.500. The van der Waals surface area contributed by atoms with E-state index < -0.39 is 10.0 Å². The number of hydrogen-bond donors (Lipinski definition) is 1. The van der Waals surface area contributed by atoms with Crippen molar-refractivity contribution in [2.24, 2.45) is 5.92 Å². The lowest BCUT2D eigenvalue weighted by Crippen LogP contribution is -2.29. The molecule has 0 aliphatic heterocycles. The molecule has 2 N–H and O–H groups in total. The van der Waals surface area contributed by atoms with Crippen molar-refractivity contribution in [3.8, 4) is 0 Å². The number of anilines is 1. The maximum absolute atomic E-state index is 12.3. The zero-order valence-corrected chi connectivity index (χ0v) is 12.1. The maximum atomic E-state index is 12.3. The molecule has 1 saturated carbocycles. The molecule has 6 heteroatoms. The molecular formula is C12H17ClN2O2S. The molecule has 1 fully saturated rings. The molecule has 1 aliphatic carbocycles. The normalized spacial score (nSPS) is 16.2. The number of nitrogens with two attached hydrogens (primary N) is 1. The van der Waals surface area contributed by atoms with Gasteiger partial charge in [0.2, 0.25) is 10.0 Å². The van der Waals surface area contributed by atoms with E-state index in [-0.39, 0.29) is 4.90 Å². The highest BCUT2D eigenvalue weighted by Crippen LogP contribution is 2.32. The summed E-state index contributed by atoms with van der Waals surface area (Å²) in [6.07, 6.45) is 2.22. The molecule has 0 bridgehead atoms. The second kappa shape index (κ2) is 4.72. The Labute approximate surface area is 113 Å². The van der Waals surface area contributed by atoms with Crippen molar-refractivity contribution >= 4 is 27.3 Å². The van der Waals surface area contributed by atoms with Gasteiger partial charge in [-0.1, -0.05) is 11.6 Å². The van der Waals surface area contributed by atoms with Crippen LogP contribution in [0.5, 0.6) is 0 Å². The van der Waals surface area contributed by atoms with Crippen LogP contribution in [0.25, 0.3) is 0 Å². The van der Waals surface area contributed by atoms with Crippen molar-refractivity contribution < 1.29 is 8.42 Å². The van der Waals surface area contributed by atoms with Crippen LogP contribution in [0.4, 0.5) is 5.69 Å². The molecule has 2 rings (SSSR count). The summed E-state index contributed by atoms with van der Waals surface area (Å²) in [4.78, 5) is 0.166. The summed E-state index contributed by atoms with van der Waals surface area (Å²) in [6.45, 7) is 2.33. The highest BCUT2D eigenvalue weighted by Gasteiger charge is 2.29. The van der Waals surface area contributed by atoms with E-state index in [2.05, 4.69) is 0 Å². The highest BCUT2D eigenvalue weighted by atomic mass is 35.5. The topological polar surface area (TPSA) is 63.4 Å². The molecule has 0 aromatic heterocycles. The highest BCUT2D eigenvalue weighted by molar-refractivity contribution is 7.89. The third-order valence-electron chi connectivity index (χ3n) is 3.28. The number of hydrogen-bond acceptors (Lipinski definition) is 3. The van der Waals surface area contributed by atoms with Crippen LogP contribution < -0.4 is 5.73 Å². The molecule has 1 aromatic carbocycles. The molecule has 0 radical (unpaired) electrons. The van der Waals surface area contributed by atoms with Gasteiger partial charge in [0.15, 0.2) is 0 Å². The van der Waals surface area contributed by atoms with Gasteiger partial charge in [0, 0.05) is 24.3 Å². The number of halogens is 1. The largest absolute Gasteiger partial charge is 0.398 e. The summed E-state index contributed by atoms with van der Waals surface area (Å²) in [5, 5.41) is 0.383. The van der Waals surface area contributed by atoms with Crippen LogP contribution >= 0.6 is 11.6 Å². The Morgan fingerprint density at radius 3 is 2.56 bits per heavy atom. The van der Waals surface area contributed by atoms with Crippen LogP contribution in [0.2, 0.25) is 5.02 Å². The molecule has 100 valence electrons. The van der Waals surface area contributed by atoms with E-state index in [4.69, 9.17) is 17.3 Å². The third-order valence-corrected chi connectivity index (χ3v) is 5.47. The molecule has 0 amide bonds. The maximum Gasteiger partial charge on any atom is 0.242 e. The van der Waals surface area contributed by atoms with Crippen molar-refractivity contribution in [3.05, 3.63) is 22.7 Å². The van der Waals surface area contributed by atoms with Crippen LogP contribution in [-0.2, 0) is 10.0 Å². The molecular weight excluding hydrogens is 272 g/mol. The van der Waals surface area contributed by atoms with Crippen molar-refractivity contribution in [1.29, 1.82) is 0 Å². The monoisotopic (exact) mass is 288 g/mol. The summed E-state index contributed by atoms with van der Waals surface area (Å²) < 4.78 is 26.0. The Bertz CT molecular complexity index is 544. The summed E-state index contributed by atoms with van der Waals surface area (Å²) >= 11 is 5.98. The fourth-order valence-electron chi connectivity index (χ4n) is 1.77. The van der Waals surface area contributed by atoms with E-state index in [1.807, 2.05) is 0 Å². The molecule has 4 nitrogen and oxygen atoms in total. The van der Waals surface area contributed by atoms with Crippen molar-refractivity contribution in [2.45, 2.75) is 24.7 Å². The zero-order valence-electron chi connectivity index (χ0n) is 10.5. The predicted molar refractivity (Wildman–Crippen MR) is 73.1 cm³/mol. The average Bonchev–Trinajstić information content (AvgIpc) is 3.08. The van der Waals surface area contributed by atoms with Crippen LogP contribution in [-0.4, -0.2) is 26.3 Å². The fourth-order valence-corrected chi connectivity index (χ4v) is 3.37. The lowest BCUT2D eigenvalue weighted by atomic mass is 10.2. The summed E-state index contributed by atoms with van der Waals surface area (Å²) in [5.74, 6) is 0.503. The van der Waals surface area contributed by atoms with E-state index in [9.17, 15) is 8.42 Å². The minimum Gasteiger partial charge on any atom is -0.398 e. The molecule has 0 spiro atoms. The first-order valence-corrected chi connectivity index (χ1v) is 7.66. The van der Waals surface area contributed by atoms with Gasteiger partial charge in [0.25, 0.3) is 0 Å². The summed E-state index contributed by atoms with van der Waals surface area (Å²) in [5.41, 5.74) is 6.88. The smallest absolute Gasteiger partial charge is 0.242 e. The van der Waals surface area contributed by atoms with Crippen molar-refractivity contribution in [3.63, 3.8) is 0 Å². The van der Waals surface area contributed by atoms with Crippen LogP contribution in [0.3, 0.4) is 0 Å². The average molecular weight is 289 g/mol. The Morgan fingerprint density at radius 1 is 1.44 bits per heavy atom. The van der Waals surface area contributed by atoms with Gasteiger partial charge in [-0.15, -0.1) is 0 Å². The second-order valence-corrected chi connectivity index (χ2v) is 7.30. The number of nitrogen functional groups attached to an aromatic ring is 1. The first kappa shape index (κ1) is 13.6. The Balaban J connectivity index is 2.34. The van der Waals surface area contributed by atoms with E-state index in [1.165, 1.54) is 16.4 Å². The Kier molecular flexibility index (Phi) is 3.58. The van der Waals surface area contributed by atoms with Gasteiger partial charge >= 0.3 is 0 Å². The van der Waals surface area contributed by atoms with Crippen molar-refractivity contribution in [2.75, 3.05) is 19.3 Å². The zero-order chi connectivity index (χ0) is 13.5. The van der Waals surface area contributed by atoms with Gasteiger partial charge < -0.3 is 5.73 Å². The first-order valence-electron chi connectivity index (χ1n) is 5.84. The molecule has 18 heavy (non-hydrogen) atoms. The van der Waals surface area contributed by atoms with E-state index in [0.717, 1.165) is 12.8 Å². The summed E-state index contributed by atoms with van der Waals surface area (Å²) in [6, 6.07) is 2.94. The van der Waals surface area contributed by atoms with Crippen molar-refractivity contribution in [1.82, 2.24) is 4.31 Å². The third kappa shape index (κ3) is 2.63. The number of sulfonamides is 1. The van der Waals surface area contributed by atoms with Gasteiger partial charge in [-0.25, -0.2) is 12.7 Å². The van der Waals surface area contributed by atoms with Gasteiger partial charge in [-0.3, -0.25) is 0 Å². The predicted octanol–water partition coefficient (Wildman–Crippen LogP) is 2.26. The molecule has 0 atom stereocenters. The van der Waals surface area contributed by atoms with Gasteiger partial charge in [0.05, 0.1) is 4.90 Å². The van der Waals surface area contributed by atoms with E-state index in [0.29, 0.717) is 28.7 Å². The Morgan fingerprint density at radius 2 is 2.06 bits per heavy atom. The van der Waals surface area contributed by atoms with Crippen LogP contribution in [0.15, 0.2) is 17.0 Å². The first-order chi connectivity index (χ1) is 8.32. The molecule has 1 aliphatic rings. The van der Waals surface area contributed by atoms with E-state index in [1.54, 1.807) is 14.0 Å². The van der Waals surface area contributed by atoms with E-state index >= 15 is 0 Å². The second-order valence-electron chi connectivity index (χ2n) is 4.85. The summed E-state index contributed by atoms with van der Waals surface area (Å²) in [7, 11) is -1.89. The molecule has 0 heterocycles. The minimum absolute atomic E-state index is 0.166. The van der Waals surface area contributed by atoms with Crippen LogP contribution in [0.1, 0.15) is 18.4 Å². The number of benzene rings is 1. The van der Waals surface area contributed by atoms with Gasteiger partial charge in [-0.05, 0) is 43.4 Å². The molecule has 0 saturated heterocycles. The van der Waals surface area contributed by atoms with Gasteiger partial charge in [0.1, 0.15) is 0 Å². The van der Waals surface area contributed by atoms with Gasteiger partial charge in [-0.2, -0.15) is 0 Å². The molecule has 0 unspecified atom stereocenters. The molecule has 1 aromatic rings. The van der Waals surface area contributed by atoms with Crippen LogP contribution in [0, 0.1) is 12.8 Å². The Hall–Kier alpha value is -0.780.